The van der Waals surface area contributed by atoms with E-state index in [1.54, 1.807) is 0 Å². The van der Waals surface area contributed by atoms with Crippen LogP contribution in [0.3, 0.4) is 0 Å². The number of halogens is 2. The zero-order valence-electron chi connectivity index (χ0n) is 9.63. The summed E-state index contributed by atoms with van der Waals surface area (Å²) in [6.07, 6.45) is 2.61. The van der Waals surface area contributed by atoms with E-state index in [1.165, 1.54) is 0 Å². The first-order valence-electron chi connectivity index (χ1n) is 5.38. The molecular weight excluding hydrogens is 304 g/mol. The molecule has 0 spiro atoms. The number of hydrogen-bond donors (Lipinski definition) is 2. The third-order valence-corrected chi connectivity index (χ3v) is 4.07. The van der Waals surface area contributed by atoms with E-state index in [9.17, 15) is 4.79 Å². The normalized spacial score (nSPS) is 16.6. The van der Waals surface area contributed by atoms with Gasteiger partial charge in [-0.3, -0.25) is 4.79 Å². The lowest BCUT2D eigenvalue weighted by atomic mass is 9.77. The zero-order chi connectivity index (χ0) is 11.8. The summed E-state index contributed by atoms with van der Waals surface area (Å²) in [5, 5.41) is 2.90. The van der Waals surface area contributed by atoms with Crippen LogP contribution >= 0.6 is 28.3 Å². The van der Waals surface area contributed by atoms with Crippen LogP contribution in [-0.2, 0) is 4.79 Å². The van der Waals surface area contributed by atoms with E-state index in [1.807, 2.05) is 25.1 Å². The number of carbonyl (C=O) groups is 1. The van der Waals surface area contributed by atoms with Crippen LogP contribution in [0, 0.1) is 6.92 Å². The van der Waals surface area contributed by atoms with Crippen LogP contribution in [0.1, 0.15) is 24.8 Å². The molecule has 0 atom stereocenters. The molecule has 2 rings (SSSR count). The van der Waals surface area contributed by atoms with Crippen molar-refractivity contribution in [2.75, 3.05) is 5.32 Å². The first-order chi connectivity index (χ1) is 7.53. The van der Waals surface area contributed by atoms with Gasteiger partial charge in [-0.2, -0.15) is 0 Å². The standard InChI is InChI=1S/C12H15BrN2O.ClH/c1-8-9(13)4-2-5-10(8)15-11(16)12(14)6-3-7-12;/h2,4-5H,3,6-7,14H2,1H3,(H,15,16);1H. The molecule has 0 bridgehead atoms. The summed E-state index contributed by atoms with van der Waals surface area (Å²) < 4.78 is 0.991. The molecule has 3 N–H and O–H groups in total. The summed E-state index contributed by atoms with van der Waals surface area (Å²) in [6, 6.07) is 5.74. The monoisotopic (exact) mass is 318 g/mol. The molecule has 1 aromatic rings. The Kier molecular flexibility index (Phi) is 4.58. The highest BCUT2D eigenvalue weighted by Gasteiger charge is 2.40. The van der Waals surface area contributed by atoms with E-state index in [0.29, 0.717) is 0 Å². The van der Waals surface area contributed by atoms with Crippen LogP contribution in [0.4, 0.5) is 5.69 Å². The molecule has 0 unspecified atom stereocenters. The quantitative estimate of drug-likeness (QED) is 0.880. The summed E-state index contributed by atoms with van der Waals surface area (Å²) in [7, 11) is 0. The van der Waals surface area contributed by atoms with Crippen molar-refractivity contribution in [3.05, 3.63) is 28.2 Å². The summed E-state index contributed by atoms with van der Waals surface area (Å²) in [6.45, 7) is 1.96. The second-order valence-corrected chi connectivity index (χ2v) is 5.23. The van der Waals surface area contributed by atoms with E-state index in [2.05, 4.69) is 21.2 Å². The fourth-order valence-electron chi connectivity index (χ4n) is 1.77. The van der Waals surface area contributed by atoms with Crippen LogP contribution in [0.25, 0.3) is 0 Å². The second-order valence-electron chi connectivity index (χ2n) is 4.38. The van der Waals surface area contributed by atoms with Gasteiger partial charge < -0.3 is 11.1 Å². The van der Waals surface area contributed by atoms with Crippen molar-refractivity contribution in [3.63, 3.8) is 0 Å². The van der Waals surface area contributed by atoms with Crippen molar-refractivity contribution in [2.45, 2.75) is 31.7 Å². The van der Waals surface area contributed by atoms with Crippen LogP contribution in [0.15, 0.2) is 22.7 Å². The summed E-state index contributed by atoms with van der Waals surface area (Å²) in [4.78, 5) is 11.9. The SMILES string of the molecule is Cc1c(Br)cccc1NC(=O)C1(N)CCC1.Cl. The number of carbonyl (C=O) groups excluding carboxylic acids is 1. The Morgan fingerprint density at radius 1 is 1.47 bits per heavy atom. The van der Waals surface area contributed by atoms with Gasteiger partial charge in [-0.25, -0.2) is 0 Å². The van der Waals surface area contributed by atoms with Gasteiger partial charge in [0.2, 0.25) is 5.91 Å². The van der Waals surface area contributed by atoms with Crippen molar-refractivity contribution in [1.29, 1.82) is 0 Å². The van der Waals surface area contributed by atoms with Gasteiger partial charge in [0.1, 0.15) is 0 Å². The van der Waals surface area contributed by atoms with Gasteiger partial charge in [0, 0.05) is 10.2 Å². The molecule has 5 heteroatoms. The molecule has 0 aromatic heterocycles. The van der Waals surface area contributed by atoms with Crippen molar-refractivity contribution in [2.24, 2.45) is 5.73 Å². The van der Waals surface area contributed by atoms with Gasteiger partial charge >= 0.3 is 0 Å². The van der Waals surface area contributed by atoms with E-state index in [0.717, 1.165) is 35.0 Å². The Hall–Kier alpha value is -0.580. The van der Waals surface area contributed by atoms with Gasteiger partial charge in [-0.1, -0.05) is 22.0 Å². The molecule has 1 aliphatic rings. The van der Waals surface area contributed by atoms with Gasteiger partial charge in [0.05, 0.1) is 5.54 Å². The van der Waals surface area contributed by atoms with Crippen LogP contribution in [0.5, 0.6) is 0 Å². The Balaban J connectivity index is 0.00000144. The first-order valence-corrected chi connectivity index (χ1v) is 6.18. The predicted molar refractivity (Wildman–Crippen MR) is 75.5 cm³/mol. The second kappa shape index (κ2) is 5.38. The van der Waals surface area contributed by atoms with Crippen molar-refractivity contribution in [1.82, 2.24) is 0 Å². The Morgan fingerprint density at radius 3 is 2.65 bits per heavy atom. The lowest BCUT2D eigenvalue weighted by Crippen LogP contribution is -2.56. The largest absolute Gasteiger partial charge is 0.324 e. The smallest absolute Gasteiger partial charge is 0.244 e. The number of hydrogen-bond acceptors (Lipinski definition) is 2. The molecule has 17 heavy (non-hydrogen) atoms. The van der Waals surface area contributed by atoms with E-state index < -0.39 is 5.54 Å². The molecule has 1 aliphatic carbocycles. The molecule has 0 saturated heterocycles. The fraction of sp³-hybridized carbons (Fsp3) is 0.417. The topological polar surface area (TPSA) is 55.1 Å². The van der Waals surface area contributed by atoms with Gasteiger partial charge in [-0.15, -0.1) is 12.4 Å². The molecule has 1 amide bonds. The van der Waals surface area contributed by atoms with Crippen molar-refractivity contribution < 1.29 is 4.79 Å². The van der Waals surface area contributed by atoms with Crippen LogP contribution in [-0.4, -0.2) is 11.4 Å². The summed E-state index contributed by atoms with van der Waals surface area (Å²) in [5.74, 6) is -0.0695. The minimum Gasteiger partial charge on any atom is -0.324 e. The number of nitrogens with two attached hydrogens (primary N) is 1. The highest BCUT2D eigenvalue weighted by atomic mass is 79.9. The minimum absolute atomic E-state index is 0. The average molecular weight is 320 g/mol. The molecule has 94 valence electrons. The highest BCUT2D eigenvalue weighted by Crippen LogP contribution is 2.31. The number of rotatable bonds is 2. The third-order valence-electron chi connectivity index (χ3n) is 3.21. The maximum absolute atomic E-state index is 11.9. The highest BCUT2D eigenvalue weighted by molar-refractivity contribution is 9.10. The lowest BCUT2D eigenvalue weighted by molar-refractivity contribution is -0.123. The Labute approximate surface area is 116 Å². The Morgan fingerprint density at radius 2 is 2.12 bits per heavy atom. The fourth-order valence-corrected chi connectivity index (χ4v) is 2.14. The maximum atomic E-state index is 11.9. The molecular formula is C12H16BrClN2O. The number of nitrogens with one attached hydrogen (secondary N) is 1. The number of benzene rings is 1. The van der Waals surface area contributed by atoms with Crippen molar-refractivity contribution in [3.8, 4) is 0 Å². The van der Waals surface area contributed by atoms with Gasteiger partial charge in [-0.05, 0) is 43.9 Å². The first kappa shape index (κ1) is 14.5. The van der Waals surface area contributed by atoms with Crippen LogP contribution in [0.2, 0.25) is 0 Å². The number of anilines is 1. The minimum atomic E-state index is -0.644. The predicted octanol–water partition coefficient (Wildman–Crippen LogP) is 3.00. The van der Waals surface area contributed by atoms with Crippen molar-refractivity contribution >= 4 is 39.9 Å². The molecule has 3 nitrogen and oxygen atoms in total. The van der Waals surface area contributed by atoms with Gasteiger partial charge in [0.15, 0.2) is 0 Å². The molecule has 1 saturated carbocycles. The molecule has 0 radical (unpaired) electrons. The van der Waals surface area contributed by atoms with E-state index in [4.69, 9.17) is 5.73 Å². The average Bonchev–Trinajstić information content (AvgIpc) is 2.21. The lowest BCUT2D eigenvalue weighted by Gasteiger charge is -2.36. The molecule has 0 heterocycles. The number of amides is 1. The molecule has 1 fully saturated rings. The van der Waals surface area contributed by atoms with Gasteiger partial charge in [0.25, 0.3) is 0 Å². The zero-order valence-corrected chi connectivity index (χ0v) is 12.0. The van der Waals surface area contributed by atoms with E-state index >= 15 is 0 Å². The summed E-state index contributed by atoms with van der Waals surface area (Å²) in [5.41, 5.74) is 7.17. The van der Waals surface area contributed by atoms with E-state index in [-0.39, 0.29) is 18.3 Å². The third kappa shape index (κ3) is 2.81. The Bertz CT molecular complexity index is 433. The molecule has 1 aromatic carbocycles. The maximum Gasteiger partial charge on any atom is 0.244 e. The molecule has 0 aliphatic heterocycles. The summed E-state index contributed by atoms with van der Waals surface area (Å²) >= 11 is 3.43. The van der Waals surface area contributed by atoms with Crippen LogP contribution < -0.4 is 11.1 Å².